The van der Waals surface area contributed by atoms with Gasteiger partial charge in [0.1, 0.15) is 13.2 Å². The first-order valence-corrected chi connectivity index (χ1v) is 6.03. The van der Waals surface area contributed by atoms with Crippen LogP contribution in [0.5, 0.6) is 11.5 Å². The molecule has 4 heteroatoms. The Bertz CT molecular complexity index is 368. The smallest absolute Gasteiger partial charge is 0.165 e. The highest BCUT2D eigenvalue weighted by atomic mass is 16.6. The molecule has 1 aromatic rings. The lowest BCUT2D eigenvalue weighted by Crippen LogP contribution is -2.27. The maximum Gasteiger partial charge on any atom is 0.165 e. The fourth-order valence-electron chi connectivity index (χ4n) is 1.85. The van der Waals surface area contributed by atoms with Crippen molar-refractivity contribution in [2.75, 3.05) is 19.8 Å². The molecule has 0 amide bonds. The minimum atomic E-state index is 0.209. The Hall–Kier alpha value is -1.26. The van der Waals surface area contributed by atoms with Gasteiger partial charge in [-0.1, -0.05) is 12.1 Å². The average molecular weight is 237 g/mol. The summed E-state index contributed by atoms with van der Waals surface area (Å²) >= 11 is 0. The molecule has 4 nitrogen and oxygen atoms in total. The molecule has 0 saturated heterocycles. The number of aliphatic hydroxyl groups is 1. The third-order valence-electron chi connectivity index (χ3n) is 2.85. The van der Waals surface area contributed by atoms with E-state index in [1.807, 2.05) is 18.2 Å². The van der Waals surface area contributed by atoms with E-state index in [0.717, 1.165) is 30.0 Å². The van der Waals surface area contributed by atoms with Crippen LogP contribution in [-0.2, 0) is 6.54 Å². The predicted octanol–water partition coefficient (Wildman–Crippen LogP) is 1.32. The van der Waals surface area contributed by atoms with Crippen LogP contribution >= 0.6 is 0 Å². The van der Waals surface area contributed by atoms with Crippen molar-refractivity contribution >= 4 is 0 Å². The number of hydrogen-bond donors (Lipinski definition) is 2. The van der Waals surface area contributed by atoms with Gasteiger partial charge in [-0.25, -0.2) is 0 Å². The van der Waals surface area contributed by atoms with Gasteiger partial charge < -0.3 is 19.9 Å². The molecule has 94 valence electrons. The number of benzene rings is 1. The summed E-state index contributed by atoms with van der Waals surface area (Å²) in [7, 11) is 0. The summed E-state index contributed by atoms with van der Waals surface area (Å²) in [6, 6.07) is 6.23. The lowest BCUT2D eigenvalue weighted by atomic mass is 10.1. The molecule has 2 rings (SSSR count). The zero-order valence-corrected chi connectivity index (χ0v) is 10.1. The number of rotatable bonds is 5. The third kappa shape index (κ3) is 3.11. The molecule has 0 fully saturated rings. The molecule has 0 spiro atoms. The first kappa shape index (κ1) is 12.2. The van der Waals surface area contributed by atoms with Crippen LogP contribution in [-0.4, -0.2) is 31.0 Å². The van der Waals surface area contributed by atoms with E-state index in [0.29, 0.717) is 19.3 Å². The van der Waals surface area contributed by atoms with Crippen LogP contribution in [0, 0.1) is 0 Å². The van der Waals surface area contributed by atoms with Gasteiger partial charge in [-0.15, -0.1) is 0 Å². The number of para-hydroxylation sites is 1. The highest BCUT2D eigenvalue weighted by Gasteiger charge is 2.15. The van der Waals surface area contributed by atoms with Crippen molar-refractivity contribution < 1.29 is 14.6 Å². The molecular weight excluding hydrogens is 218 g/mol. The number of hydrogen-bond acceptors (Lipinski definition) is 4. The van der Waals surface area contributed by atoms with Gasteiger partial charge in [0.2, 0.25) is 0 Å². The molecular formula is C13H19NO3. The van der Waals surface area contributed by atoms with Gasteiger partial charge in [-0.2, -0.15) is 0 Å². The van der Waals surface area contributed by atoms with Crippen LogP contribution in [0.25, 0.3) is 0 Å². The van der Waals surface area contributed by atoms with Crippen LogP contribution in [0.3, 0.4) is 0 Å². The fraction of sp³-hybridized carbons (Fsp3) is 0.538. The molecule has 2 N–H and O–H groups in total. The Kier molecular flexibility index (Phi) is 4.23. The van der Waals surface area contributed by atoms with Crippen LogP contribution in [0.4, 0.5) is 0 Å². The standard InChI is InChI=1S/C13H19NO3/c1-10(5-6-15)14-9-11-3-2-4-12-13(11)17-8-7-16-12/h2-4,10,14-15H,5-9H2,1H3/t10-/m1/s1. The van der Waals surface area contributed by atoms with E-state index in [1.165, 1.54) is 0 Å². The first-order chi connectivity index (χ1) is 8.31. The Labute approximate surface area is 102 Å². The van der Waals surface area contributed by atoms with Crippen molar-refractivity contribution in [2.24, 2.45) is 0 Å². The van der Waals surface area contributed by atoms with Crippen molar-refractivity contribution in [3.05, 3.63) is 23.8 Å². The Morgan fingerprint density at radius 1 is 1.35 bits per heavy atom. The topological polar surface area (TPSA) is 50.7 Å². The number of ether oxygens (including phenoxy) is 2. The van der Waals surface area contributed by atoms with Gasteiger partial charge in [0.15, 0.2) is 11.5 Å². The number of aliphatic hydroxyl groups excluding tert-OH is 1. The Balaban J connectivity index is 2.01. The van der Waals surface area contributed by atoms with Gasteiger partial charge in [0, 0.05) is 24.8 Å². The van der Waals surface area contributed by atoms with E-state index in [-0.39, 0.29) is 6.61 Å². The Morgan fingerprint density at radius 3 is 3.00 bits per heavy atom. The molecule has 1 aliphatic rings. The molecule has 0 aromatic heterocycles. The van der Waals surface area contributed by atoms with Crippen molar-refractivity contribution in [3.8, 4) is 11.5 Å². The van der Waals surface area contributed by atoms with Crippen LogP contribution in [0.15, 0.2) is 18.2 Å². The SMILES string of the molecule is C[C@H](CCO)NCc1cccc2c1OCCO2. The van der Waals surface area contributed by atoms with Crippen molar-refractivity contribution in [1.29, 1.82) is 0 Å². The minimum absolute atomic E-state index is 0.209. The van der Waals surface area contributed by atoms with E-state index in [2.05, 4.69) is 12.2 Å². The summed E-state index contributed by atoms with van der Waals surface area (Å²) in [5, 5.41) is 12.2. The quantitative estimate of drug-likeness (QED) is 0.811. The molecule has 0 radical (unpaired) electrons. The molecule has 0 aliphatic carbocycles. The molecule has 0 unspecified atom stereocenters. The second kappa shape index (κ2) is 5.89. The summed E-state index contributed by atoms with van der Waals surface area (Å²) < 4.78 is 11.2. The zero-order valence-electron chi connectivity index (χ0n) is 10.1. The summed E-state index contributed by atoms with van der Waals surface area (Å²) in [6.07, 6.45) is 0.756. The summed E-state index contributed by atoms with van der Waals surface area (Å²) in [4.78, 5) is 0. The summed E-state index contributed by atoms with van der Waals surface area (Å²) in [5.74, 6) is 1.67. The lowest BCUT2D eigenvalue weighted by Gasteiger charge is -2.22. The van der Waals surface area contributed by atoms with Crippen molar-refractivity contribution in [1.82, 2.24) is 5.32 Å². The third-order valence-corrected chi connectivity index (χ3v) is 2.85. The van der Waals surface area contributed by atoms with Crippen molar-refractivity contribution in [2.45, 2.75) is 25.9 Å². The summed E-state index contributed by atoms with van der Waals surface area (Å²) in [5.41, 5.74) is 1.10. The number of nitrogens with one attached hydrogen (secondary N) is 1. The molecule has 1 aromatic carbocycles. The van der Waals surface area contributed by atoms with Gasteiger partial charge in [-0.3, -0.25) is 0 Å². The van der Waals surface area contributed by atoms with Crippen LogP contribution in [0.1, 0.15) is 18.9 Å². The second-order valence-electron chi connectivity index (χ2n) is 4.24. The number of fused-ring (bicyclic) bond motifs is 1. The molecule has 1 aliphatic heterocycles. The van der Waals surface area contributed by atoms with Gasteiger partial charge in [0.25, 0.3) is 0 Å². The zero-order chi connectivity index (χ0) is 12.1. The maximum atomic E-state index is 8.84. The van der Waals surface area contributed by atoms with Crippen LogP contribution < -0.4 is 14.8 Å². The Morgan fingerprint density at radius 2 is 2.18 bits per heavy atom. The predicted molar refractivity (Wildman–Crippen MR) is 65.4 cm³/mol. The van der Waals surface area contributed by atoms with Crippen molar-refractivity contribution in [3.63, 3.8) is 0 Å². The normalized spacial score (nSPS) is 15.6. The lowest BCUT2D eigenvalue weighted by molar-refractivity contribution is 0.169. The molecule has 1 heterocycles. The molecule has 1 atom stereocenters. The molecule has 17 heavy (non-hydrogen) atoms. The average Bonchev–Trinajstić information content (AvgIpc) is 2.36. The molecule has 0 bridgehead atoms. The van der Waals surface area contributed by atoms with E-state index in [9.17, 15) is 0 Å². The van der Waals surface area contributed by atoms with Gasteiger partial charge in [-0.05, 0) is 19.4 Å². The van der Waals surface area contributed by atoms with E-state index in [1.54, 1.807) is 0 Å². The second-order valence-corrected chi connectivity index (χ2v) is 4.24. The fourth-order valence-corrected chi connectivity index (χ4v) is 1.85. The van der Waals surface area contributed by atoms with E-state index >= 15 is 0 Å². The van der Waals surface area contributed by atoms with E-state index in [4.69, 9.17) is 14.6 Å². The summed E-state index contributed by atoms with van der Waals surface area (Å²) in [6.45, 7) is 4.22. The minimum Gasteiger partial charge on any atom is -0.486 e. The molecule has 0 saturated carbocycles. The van der Waals surface area contributed by atoms with E-state index < -0.39 is 0 Å². The monoisotopic (exact) mass is 237 g/mol. The maximum absolute atomic E-state index is 8.84. The highest BCUT2D eigenvalue weighted by molar-refractivity contribution is 5.47. The largest absolute Gasteiger partial charge is 0.486 e. The highest BCUT2D eigenvalue weighted by Crippen LogP contribution is 2.33. The van der Waals surface area contributed by atoms with Crippen LogP contribution in [0.2, 0.25) is 0 Å². The first-order valence-electron chi connectivity index (χ1n) is 6.03. The van der Waals surface area contributed by atoms with Gasteiger partial charge >= 0.3 is 0 Å². The van der Waals surface area contributed by atoms with Gasteiger partial charge in [0.05, 0.1) is 0 Å².